The van der Waals surface area contributed by atoms with Crippen LogP contribution in [0.5, 0.6) is 0 Å². The van der Waals surface area contributed by atoms with Crippen molar-refractivity contribution in [1.29, 1.82) is 0 Å². The van der Waals surface area contributed by atoms with Crippen LogP contribution in [0.2, 0.25) is 0 Å². The van der Waals surface area contributed by atoms with Gasteiger partial charge in [-0.25, -0.2) is 0 Å². The molecule has 2 heterocycles. The topological polar surface area (TPSA) is 96.9 Å². The summed E-state index contributed by atoms with van der Waals surface area (Å²) < 4.78 is 5.90. The van der Waals surface area contributed by atoms with Crippen LogP contribution in [0.15, 0.2) is 51.7 Å². The number of benzene rings is 2. The number of hydrogen-bond donors (Lipinski definition) is 0. The Kier molecular flexibility index (Phi) is 5.32. The van der Waals surface area contributed by atoms with Gasteiger partial charge in [-0.1, -0.05) is 23.8 Å². The molecule has 1 aromatic heterocycles. The summed E-state index contributed by atoms with van der Waals surface area (Å²) in [5.74, 6) is -0.354. The Labute approximate surface area is 178 Å². The summed E-state index contributed by atoms with van der Waals surface area (Å²) in [6.07, 6.45) is 0.685. The molecule has 1 aliphatic heterocycles. The SMILES string of the molecule is Cc1ccc2oc3c(c(=O)c2c1)[C@H](c1cccc([N+](=O)[O-])c1)N(CCCN(C)C)C3=O. The van der Waals surface area contributed by atoms with Crippen LogP contribution in [0.1, 0.15) is 39.7 Å². The maximum atomic E-state index is 13.5. The fourth-order valence-electron chi connectivity index (χ4n) is 4.08. The van der Waals surface area contributed by atoms with Crippen LogP contribution >= 0.6 is 0 Å². The molecule has 0 fully saturated rings. The van der Waals surface area contributed by atoms with E-state index in [-0.39, 0.29) is 28.3 Å². The minimum Gasteiger partial charge on any atom is -0.450 e. The molecule has 1 amide bonds. The van der Waals surface area contributed by atoms with Gasteiger partial charge in [0.1, 0.15) is 5.58 Å². The summed E-state index contributed by atoms with van der Waals surface area (Å²) >= 11 is 0. The van der Waals surface area contributed by atoms with Crippen LogP contribution < -0.4 is 5.43 Å². The van der Waals surface area contributed by atoms with Crippen molar-refractivity contribution in [2.75, 3.05) is 27.2 Å². The normalized spacial score (nSPS) is 15.7. The van der Waals surface area contributed by atoms with E-state index in [0.29, 0.717) is 29.5 Å². The Morgan fingerprint density at radius 3 is 2.65 bits per heavy atom. The van der Waals surface area contributed by atoms with Crippen molar-refractivity contribution in [2.45, 2.75) is 19.4 Å². The molecular weight excluding hydrogens is 398 g/mol. The average Bonchev–Trinajstić information content (AvgIpc) is 3.01. The summed E-state index contributed by atoms with van der Waals surface area (Å²) in [4.78, 5) is 41.2. The smallest absolute Gasteiger partial charge is 0.290 e. The zero-order valence-corrected chi connectivity index (χ0v) is 17.6. The number of nitro groups is 1. The third-order valence-corrected chi connectivity index (χ3v) is 5.52. The number of carbonyl (C=O) groups is 1. The predicted molar refractivity (Wildman–Crippen MR) is 116 cm³/mol. The molecule has 0 N–H and O–H groups in total. The van der Waals surface area contributed by atoms with Crippen molar-refractivity contribution >= 4 is 22.6 Å². The molecule has 0 aliphatic carbocycles. The van der Waals surface area contributed by atoms with Crippen molar-refractivity contribution in [3.8, 4) is 0 Å². The molecule has 1 atom stereocenters. The predicted octanol–water partition coefficient (Wildman–Crippen LogP) is 3.51. The third kappa shape index (κ3) is 3.70. The Balaban J connectivity index is 1.90. The zero-order valence-electron chi connectivity index (χ0n) is 17.6. The molecular formula is C23H23N3O5. The number of carbonyl (C=O) groups excluding carboxylic acids is 1. The first-order chi connectivity index (χ1) is 14.8. The lowest BCUT2D eigenvalue weighted by Gasteiger charge is -2.25. The molecule has 0 radical (unpaired) electrons. The maximum Gasteiger partial charge on any atom is 0.290 e. The summed E-state index contributed by atoms with van der Waals surface area (Å²) in [7, 11) is 3.89. The molecule has 160 valence electrons. The first kappa shape index (κ1) is 20.7. The van der Waals surface area contributed by atoms with E-state index in [4.69, 9.17) is 4.42 Å². The number of nitro benzene ring substituents is 1. The number of non-ortho nitro benzene ring substituents is 1. The standard InChI is InChI=1S/C23H23N3O5/c1-14-8-9-18-17(12-14)21(27)19-20(15-6-4-7-16(13-15)26(29)30)25(11-5-10-24(2)3)23(28)22(19)31-18/h4,6-9,12-13,20H,5,10-11H2,1-3H3/t20-/m0/s1. The average molecular weight is 421 g/mol. The van der Waals surface area contributed by atoms with Gasteiger partial charge in [0.2, 0.25) is 5.76 Å². The second kappa shape index (κ2) is 7.96. The van der Waals surface area contributed by atoms with Gasteiger partial charge in [0.05, 0.1) is 21.9 Å². The highest BCUT2D eigenvalue weighted by Gasteiger charge is 2.42. The number of aryl methyl sites for hydroxylation is 1. The fraction of sp³-hybridized carbons (Fsp3) is 0.304. The van der Waals surface area contributed by atoms with Crippen molar-refractivity contribution in [3.05, 3.63) is 85.3 Å². The number of nitrogens with zero attached hydrogens (tertiary/aromatic N) is 3. The molecule has 0 bridgehead atoms. The Morgan fingerprint density at radius 1 is 1.16 bits per heavy atom. The van der Waals surface area contributed by atoms with E-state index in [1.807, 2.05) is 32.0 Å². The van der Waals surface area contributed by atoms with E-state index < -0.39 is 11.0 Å². The molecule has 8 heteroatoms. The molecule has 0 saturated carbocycles. The summed E-state index contributed by atoms with van der Waals surface area (Å²) in [6.45, 7) is 3.02. The highest BCUT2D eigenvalue weighted by atomic mass is 16.6. The maximum absolute atomic E-state index is 13.5. The van der Waals surface area contributed by atoms with Crippen molar-refractivity contribution in [1.82, 2.24) is 9.80 Å². The first-order valence-electron chi connectivity index (χ1n) is 10.1. The molecule has 8 nitrogen and oxygen atoms in total. The fourth-order valence-corrected chi connectivity index (χ4v) is 4.08. The van der Waals surface area contributed by atoms with Gasteiger partial charge in [0.25, 0.3) is 11.6 Å². The Bertz CT molecular complexity index is 1250. The summed E-state index contributed by atoms with van der Waals surface area (Å²) in [5, 5.41) is 11.7. The van der Waals surface area contributed by atoms with Crippen molar-refractivity contribution in [3.63, 3.8) is 0 Å². The lowest BCUT2D eigenvalue weighted by molar-refractivity contribution is -0.384. The van der Waals surface area contributed by atoms with Gasteiger partial charge >= 0.3 is 0 Å². The molecule has 3 aromatic rings. The monoisotopic (exact) mass is 421 g/mol. The number of hydrogen-bond acceptors (Lipinski definition) is 6. The molecule has 0 saturated heterocycles. The minimum atomic E-state index is -0.731. The van der Waals surface area contributed by atoms with E-state index in [9.17, 15) is 19.7 Å². The van der Waals surface area contributed by atoms with Gasteiger partial charge in [0, 0.05) is 18.7 Å². The van der Waals surface area contributed by atoms with E-state index in [2.05, 4.69) is 0 Å². The highest BCUT2D eigenvalue weighted by Crippen LogP contribution is 2.39. The molecule has 31 heavy (non-hydrogen) atoms. The molecule has 4 rings (SSSR count). The highest BCUT2D eigenvalue weighted by molar-refractivity contribution is 5.99. The van der Waals surface area contributed by atoms with Crippen molar-refractivity contribution in [2.24, 2.45) is 0 Å². The van der Waals surface area contributed by atoms with Gasteiger partial charge in [-0.15, -0.1) is 0 Å². The van der Waals surface area contributed by atoms with Gasteiger partial charge in [-0.05, 0) is 51.7 Å². The Hall–Kier alpha value is -3.52. The molecule has 2 aromatic carbocycles. The number of amides is 1. The summed E-state index contributed by atoms with van der Waals surface area (Å²) in [5.41, 5.74) is 1.65. The number of rotatable bonds is 6. The lowest BCUT2D eigenvalue weighted by Crippen LogP contribution is -2.32. The van der Waals surface area contributed by atoms with Crippen LogP contribution in [0.25, 0.3) is 11.0 Å². The second-order valence-corrected chi connectivity index (χ2v) is 8.08. The first-order valence-corrected chi connectivity index (χ1v) is 10.1. The van der Waals surface area contributed by atoms with Crippen LogP contribution in [0.4, 0.5) is 5.69 Å². The van der Waals surface area contributed by atoms with Crippen LogP contribution in [0.3, 0.4) is 0 Å². The van der Waals surface area contributed by atoms with Crippen molar-refractivity contribution < 1.29 is 14.1 Å². The molecule has 0 unspecified atom stereocenters. The second-order valence-electron chi connectivity index (χ2n) is 8.08. The van der Waals surface area contributed by atoms with E-state index in [1.54, 1.807) is 29.2 Å². The van der Waals surface area contributed by atoms with Crippen LogP contribution in [-0.2, 0) is 0 Å². The van der Waals surface area contributed by atoms with Gasteiger partial charge in [-0.3, -0.25) is 19.7 Å². The molecule has 1 aliphatic rings. The van der Waals surface area contributed by atoms with Gasteiger partial charge in [-0.2, -0.15) is 0 Å². The van der Waals surface area contributed by atoms with E-state index >= 15 is 0 Å². The third-order valence-electron chi connectivity index (χ3n) is 5.52. The quantitative estimate of drug-likeness (QED) is 0.446. The van der Waals surface area contributed by atoms with E-state index in [1.165, 1.54) is 12.1 Å². The largest absolute Gasteiger partial charge is 0.450 e. The summed E-state index contributed by atoms with van der Waals surface area (Å²) in [6, 6.07) is 10.6. The molecule has 0 spiro atoms. The number of fused-ring (bicyclic) bond motifs is 2. The zero-order chi connectivity index (χ0) is 22.3. The lowest BCUT2D eigenvalue weighted by atomic mass is 9.97. The minimum absolute atomic E-state index is 0.0164. The van der Waals surface area contributed by atoms with Crippen LogP contribution in [-0.4, -0.2) is 47.8 Å². The van der Waals surface area contributed by atoms with Crippen LogP contribution in [0, 0.1) is 17.0 Å². The Morgan fingerprint density at radius 2 is 1.94 bits per heavy atom. The van der Waals surface area contributed by atoms with Gasteiger partial charge < -0.3 is 14.2 Å². The van der Waals surface area contributed by atoms with Gasteiger partial charge in [0.15, 0.2) is 5.43 Å². The van der Waals surface area contributed by atoms with E-state index in [0.717, 1.165) is 12.1 Å².